The number of pyridine rings is 1. The molecule has 0 spiro atoms. The van der Waals surface area contributed by atoms with Crippen molar-refractivity contribution in [1.82, 2.24) is 15.0 Å². The van der Waals surface area contributed by atoms with Crippen molar-refractivity contribution >= 4 is 45.6 Å². The maximum Gasteiger partial charge on any atom is 0.451 e. The lowest BCUT2D eigenvalue weighted by molar-refractivity contribution is -0.144. The average molecular weight is 617 g/mol. The summed E-state index contributed by atoms with van der Waals surface area (Å²) >= 11 is 1.74. The minimum atomic E-state index is -4.75. The Kier molecular flexibility index (Phi) is 7.94. The fourth-order valence-electron chi connectivity index (χ4n) is 5.61. The highest BCUT2D eigenvalue weighted by Gasteiger charge is 2.44. The lowest BCUT2D eigenvalue weighted by atomic mass is 9.84. The number of aromatic amines is 1. The first-order chi connectivity index (χ1) is 20.2. The van der Waals surface area contributed by atoms with Crippen LogP contribution in [0.25, 0.3) is 22.1 Å². The van der Waals surface area contributed by atoms with E-state index in [4.69, 9.17) is 10.8 Å². The molecule has 3 aromatic heterocycles. The molecule has 0 amide bonds. The summed E-state index contributed by atoms with van der Waals surface area (Å²) in [5, 5.41) is 9.78. The van der Waals surface area contributed by atoms with Crippen LogP contribution in [0, 0.1) is 12.3 Å². The molecule has 0 saturated carbocycles. The maximum atomic E-state index is 15.1. The summed E-state index contributed by atoms with van der Waals surface area (Å²) in [5.74, 6) is 0.604. The van der Waals surface area contributed by atoms with E-state index in [9.17, 15) is 27.9 Å². The molecule has 43 heavy (non-hydrogen) atoms. The summed E-state index contributed by atoms with van der Waals surface area (Å²) in [6.07, 6.45) is 3.56. The second-order valence-corrected chi connectivity index (χ2v) is 12.9. The Hall–Kier alpha value is -4.05. The van der Waals surface area contributed by atoms with Gasteiger partial charge < -0.3 is 19.4 Å². The Bertz CT molecular complexity index is 1800. The predicted octanol–water partition coefficient (Wildman–Crippen LogP) is 6.27. The zero-order chi connectivity index (χ0) is 31.2. The van der Waals surface area contributed by atoms with Gasteiger partial charge in [-0.1, -0.05) is 31.9 Å². The third-order valence-corrected chi connectivity index (χ3v) is 8.85. The quantitative estimate of drug-likeness (QED) is 0.205. The number of nitrogens with one attached hydrogen (secondary N) is 1. The number of para-hydroxylation sites is 1. The number of fused-ring (bicyclic) bond motifs is 3. The number of carboxylic acid groups (broad SMARTS) is 1. The topological polar surface area (TPSA) is 112 Å². The normalized spacial score (nSPS) is 21.8. The molecule has 2 fully saturated rings. The molecule has 4 aromatic rings. The van der Waals surface area contributed by atoms with Gasteiger partial charge in [-0.25, -0.2) is 19.2 Å². The summed E-state index contributed by atoms with van der Waals surface area (Å²) in [6, 6.07) is 7.15. The number of carboxylic acids is 1. The number of furan rings is 1. The van der Waals surface area contributed by atoms with Gasteiger partial charge in [0.2, 0.25) is 5.82 Å². The van der Waals surface area contributed by atoms with Gasteiger partial charge in [0.25, 0.3) is 5.56 Å². The number of carbonyl (C=O) groups is 1. The molecule has 13 heteroatoms. The molecule has 2 aliphatic heterocycles. The van der Waals surface area contributed by atoms with E-state index in [1.165, 1.54) is 17.2 Å². The number of halogens is 4. The monoisotopic (exact) mass is 616 g/mol. The van der Waals surface area contributed by atoms with E-state index >= 15 is 4.39 Å². The molecule has 0 unspecified atom stereocenters. The van der Waals surface area contributed by atoms with E-state index in [0.29, 0.717) is 48.0 Å². The number of hydrogen-bond acceptors (Lipinski definition) is 7. The number of rotatable bonds is 3. The van der Waals surface area contributed by atoms with Crippen molar-refractivity contribution in [3.05, 3.63) is 63.8 Å². The molecular weight excluding hydrogens is 588 g/mol. The van der Waals surface area contributed by atoms with Crippen LogP contribution in [0.3, 0.4) is 0 Å². The summed E-state index contributed by atoms with van der Waals surface area (Å²) in [5.41, 5.74) is -0.789. The van der Waals surface area contributed by atoms with Crippen molar-refractivity contribution in [2.75, 3.05) is 17.2 Å². The van der Waals surface area contributed by atoms with E-state index in [2.05, 4.69) is 20.9 Å². The number of alkyl halides is 4. The fourth-order valence-corrected chi connectivity index (χ4v) is 6.92. The van der Waals surface area contributed by atoms with Gasteiger partial charge >= 0.3 is 12.1 Å². The zero-order valence-corrected chi connectivity index (χ0v) is 24.1. The number of H-pyrrole nitrogens is 1. The lowest BCUT2D eigenvalue weighted by Gasteiger charge is -2.39. The van der Waals surface area contributed by atoms with Crippen molar-refractivity contribution in [3.63, 3.8) is 0 Å². The van der Waals surface area contributed by atoms with Gasteiger partial charge in [-0.3, -0.25) is 4.79 Å². The first kappa shape index (κ1) is 30.4. The molecule has 0 radical (unpaired) electrons. The predicted molar refractivity (Wildman–Crippen MR) is 156 cm³/mol. The molecule has 2 N–H and O–H groups in total. The van der Waals surface area contributed by atoms with Crippen LogP contribution in [0.5, 0.6) is 0 Å². The number of benzene rings is 1. The van der Waals surface area contributed by atoms with Crippen LogP contribution in [0.15, 0.2) is 45.7 Å². The van der Waals surface area contributed by atoms with Crippen molar-refractivity contribution in [1.29, 1.82) is 0 Å². The Morgan fingerprint density at radius 2 is 2.02 bits per heavy atom. The summed E-state index contributed by atoms with van der Waals surface area (Å²) in [4.78, 5) is 34.4. The third kappa shape index (κ3) is 6.06. The van der Waals surface area contributed by atoms with Crippen LogP contribution in [-0.4, -0.2) is 49.1 Å². The molecule has 8 nitrogen and oxygen atoms in total. The minimum absolute atomic E-state index is 0.0314. The van der Waals surface area contributed by atoms with Gasteiger partial charge in [0.05, 0.1) is 5.56 Å². The smallest absolute Gasteiger partial charge is 0.451 e. The van der Waals surface area contributed by atoms with Crippen LogP contribution in [-0.2, 0) is 16.6 Å². The van der Waals surface area contributed by atoms with Crippen molar-refractivity contribution in [3.8, 4) is 12.3 Å². The number of terminal acetylenes is 1. The van der Waals surface area contributed by atoms with Gasteiger partial charge in [-0.05, 0) is 43.2 Å². The highest BCUT2D eigenvalue weighted by Crippen LogP contribution is 2.47. The Morgan fingerprint density at radius 3 is 2.70 bits per heavy atom. The van der Waals surface area contributed by atoms with E-state index in [-0.39, 0.29) is 39.3 Å². The number of aromatic nitrogens is 3. The molecule has 0 aliphatic carbocycles. The van der Waals surface area contributed by atoms with E-state index < -0.39 is 29.7 Å². The minimum Gasteiger partial charge on any atom is -0.480 e. The summed E-state index contributed by atoms with van der Waals surface area (Å²) in [6.45, 7) is 4.30. The number of thioether (sulfide) groups is 1. The molecule has 6 rings (SSSR count). The van der Waals surface area contributed by atoms with Gasteiger partial charge in [0.15, 0.2) is 11.4 Å². The SMILES string of the molecule is C#Cc1c[nH]c(=O)c([C@]2(F)CCSC(C)(C)C2)c1.O=C(O)[C@@H]1CCCN1c1nc(C(F)(F)F)nc2c1oc1ccccc12. The standard InChI is InChI=1S/C16H12F3N3O3.C14H16FNOS/c17-16(18,19)15-20-11-8-4-1-2-6-10(8)25-12(11)13(21-15)22-7-3-5-9(22)14(23)24;1-4-10-7-11(12(17)16-8-10)14(15)5-6-18-13(2,3)9-14/h1-2,4,6,9H,3,5,7H2,(H,23,24);1,7-8H,5-6,9H2,2-3H3,(H,16,17)/t9-;14-/m00/s1. The van der Waals surface area contributed by atoms with Crippen molar-refractivity contribution in [2.24, 2.45) is 0 Å². The van der Waals surface area contributed by atoms with Crippen LogP contribution in [0.2, 0.25) is 0 Å². The Morgan fingerprint density at radius 1 is 1.28 bits per heavy atom. The van der Waals surface area contributed by atoms with Gasteiger partial charge in [-0.15, -0.1) is 6.42 Å². The van der Waals surface area contributed by atoms with E-state index in [1.54, 1.807) is 36.0 Å². The summed E-state index contributed by atoms with van der Waals surface area (Å²) < 4.78 is 60.3. The van der Waals surface area contributed by atoms with Crippen LogP contribution in [0.1, 0.15) is 56.5 Å². The van der Waals surface area contributed by atoms with E-state index in [1.807, 2.05) is 13.8 Å². The first-order valence-electron chi connectivity index (χ1n) is 13.5. The van der Waals surface area contributed by atoms with Gasteiger partial charge in [0, 0.05) is 34.9 Å². The average Bonchev–Trinajstić information content (AvgIpc) is 3.57. The molecule has 2 saturated heterocycles. The first-order valence-corrected chi connectivity index (χ1v) is 14.5. The lowest BCUT2D eigenvalue weighted by Crippen LogP contribution is -2.39. The molecule has 0 bridgehead atoms. The van der Waals surface area contributed by atoms with Crippen molar-refractivity contribution in [2.45, 2.75) is 62.2 Å². The zero-order valence-electron chi connectivity index (χ0n) is 23.3. The molecule has 2 aliphatic rings. The Labute approximate surface area is 247 Å². The van der Waals surface area contributed by atoms with Crippen LogP contribution in [0.4, 0.5) is 23.4 Å². The van der Waals surface area contributed by atoms with Crippen molar-refractivity contribution < 1.29 is 31.9 Å². The maximum absolute atomic E-state index is 15.1. The second-order valence-electron chi connectivity index (χ2n) is 11.1. The largest absolute Gasteiger partial charge is 0.480 e. The fraction of sp³-hybridized carbons (Fsp3) is 0.400. The number of anilines is 1. The molecule has 5 heterocycles. The number of hydrogen-bond donors (Lipinski definition) is 2. The molecule has 2 atom stereocenters. The highest BCUT2D eigenvalue weighted by atomic mass is 32.2. The van der Waals surface area contributed by atoms with Crippen LogP contribution >= 0.6 is 11.8 Å². The molecule has 226 valence electrons. The Balaban J connectivity index is 0.000000181. The number of aliphatic carboxylic acids is 1. The molecular formula is C30H28F4N4O4S. The highest BCUT2D eigenvalue weighted by molar-refractivity contribution is 8.00. The van der Waals surface area contributed by atoms with Gasteiger partial charge in [0.1, 0.15) is 22.8 Å². The van der Waals surface area contributed by atoms with Crippen LogP contribution < -0.4 is 10.5 Å². The third-order valence-electron chi connectivity index (χ3n) is 7.51. The summed E-state index contributed by atoms with van der Waals surface area (Å²) in [7, 11) is 0. The van der Waals surface area contributed by atoms with Gasteiger partial charge in [-0.2, -0.15) is 24.9 Å². The van der Waals surface area contributed by atoms with E-state index in [0.717, 1.165) is 0 Å². The number of nitrogens with zero attached hydrogens (tertiary/aromatic N) is 3. The second kappa shape index (κ2) is 11.2. The molecule has 1 aromatic carbocycles.